The number of hydrogen-bond donors (Lipinski definition) is 3. The van der Waals surface area contributed by atoms with E-state index >= 15 is 4.39 Å². The molecule has 0 aliphatic heterocycles. The third-order valence-electron chi connectivity index (χ3n) is 9.09. The van der Waals surface area contributed by atoms with Crippen LogP contribution in [0, 0.1) is 17.6 Å². The minimum Gasteiger partial charge on any atom is -0.494 e. The summed E-state index contributed by atoms with van der Waals surface area (Å²) in [5, 5.41) is 20.1. The van der Waals surface area contributed by atoms with Crippen LogP contribution in [0.1, 0.15) is 66.2 Å². The number of halogens is 3. The number of hydrogen-bond acceptors (Lipinski definition) is 6. The van der Waals surface area contributed by atoms with Crippen molar-refractivity contribution in [1.82, 2.24) is 20.1 Å². The zero-order valence-electron chi connectivity index (χ0n) is 23.9. The number of aliphatic hydroxyl groups is 1. The van der Waals surface area contributed by atoms with Gasteiger partial charge in [-0.1, -0.05) is 11.6 Å². The van der Waals surface area contributed by atoms with Gasteiger partial charge in [0.25, 0.3) is 5.91 Å². The van der Waals surface area contributed by atoms with E-state index in [0.29, 0.717) is 60.2 Å². The van der Waals surface area contributed by atoms with E-state index in [1.807, 2.05) is 10.9 Å². The maximum absolute atomic E-state index is 15.0. The highest BCUT2D eigenvalue weighted by molar-refractivity contribution is 6.31. The molecule has 2 aromatic heterocycles. The number of pyridine rings is 1. The maximum atomic E-state index is 15.0. The van der Waals surface area contributed by atoms with Crippen molar-refractivity contribution in [1.29, 1.82) is 0 Å². The Bertz CT molecular complexity index is 1850. The van der Waals surface area contributed by atoms with E-state index in [2.05, 4.69) is 15.4 Å². The zero-order chi connectivity index (χ0) is 31.0. The zero-order valence-corrected chi connectivity index (χ0v) is 24.6. The fraction of sp³-hybridized carbons (Fsp3) is 0.375. The Morgan fingerprint density at radius 3 is 2.52 bits per heavy atom. The third-order valence-corrected chi connectivity index (χ3v) is 9.38. The Labute approximate surface area is 256 Å². The van der Waals surface area contributed by atoms with Crippen LogP contribution in [0.2, 0.25) is 5.02 Å². The molecule has 3 aliphatic carbocycles. The van der Waals surface area contributed by atoms with Crippen LogP contribution in [-0.4, -0.2) is 45.3 Å². The molecule has 9 nitrogen and oxygen atoms in total. The molecule has 0 radical (unpaired) electrons. The molecule has 0 unspecified atom stereocenters. The number of carbonyl (C=O) groups excluding carboxylic acids is 2. The van der Waals surface area contributed by atoms with Crippen molar-refractivity contribution in [3.63, 3.8) is 0 Å². The summed E-state index contributed by atoms with van der Waals surface area (Å²) in [4.78, 5) is 30.6. The van der Waals surface area contributed by atoms with E-state index in [0.717, 1.165) is 24.3 Å². The number of rotatable bonds is 10. The van der Waals surface area contributed by atoms with Crippen molar-refractivity contribution < 1.29 is 28.2 Å². The van der Waals surface area contributed by atoms with E-state index in [1.165, 1.54) is 13.2 Å². The molecular weight excluding hydrogens is 592 g/mol. The van der Waals surface area contributed by atoms with Gasteiger partial charge in [-0.3, -0.25) is 14.3 Å². The molecule has 3 fully saturated rings. The number of ether oxygens (including phenoxy) is 1. The van der Waals surface area contributed by atoms with Gasteiger partial charge in [-0.05, 0) is 80.3 Å². The Kier molecular flexibility index (Phi) is 6.67. The molecule has 3 saturated carbocycles. The molecule has 4 N–H and O–H groups in total. The largest absolute Gasteiger partial charge is 0.494 e. The molecule has 4 aromatic rings. The number of aromatic nitrogens is 3. The number of carbonyl (C=O) groups is 2. The molecule has 2 aromatic carbocycles. The normalized spacial score (nSPS) is 18.6. The number of methoxy groups -OCH3 is 1. The van der Waals surface area contributed by atoms with Gasteiger partial charge in [0.2, 0.25) is 5.91 Å². The van der Waals surface area contributed by atoms with Crippen molar-refractivity contribution in [2.24, 2.45) is 11.7 Å². The van der Waals surface area contributed by atoms with Crippen LogP contribution >= 0.6 is 11.6 Å². The second kappa shape index (κ2) is 10.2. The number of nitrogens with two attached hydrogens (primary N) is 1. The first kappa shape index (κ1) is 28.7. The van der Waals surface area contributed by atoms with E-state index in [-0.39, 0.29) is 34.4 Å². The van der Waals surface area contributed by atoms with Crippen molar-refractivity contribution >= 4 is 34.3 Å². The lowest BCUT2D eigenvalue weighted by Gasteiger charge is -2.30. The molecule has 7 rings (SSSR count). The van der Waals surface area contributed by atoms with Gasteiger partial charge in [-0.25, -0.2) is 13.8 Å². The lowest BCUT2D eigenvalue weighted by atomic mass is 9.87. The van der Waals surface area contributed by atoms with E-state index < -0.39 is 34.5 Å². The number of primary amides is 1. The van der Waals surface area contributed by atoms with Gasteiger partial charge in [0.15, 0.2) is 0 Å². The molecule has 2 amide bonds. The second-order valence-electron chi connectivity index (χ2n) is 12.2. The minimum absolute atomic E-state index is 0.0673. The summed E-state index contributed by atoms with van der Waals surface area (Å²) in [6, 6.07) is 8.63. The third kappa shape index (κ3) is 4.88. The summed E-state index contributed by atoms with van der Waals surface area (Å²) < 4.78 is 36.4. The number of benzene rings is 2. The predicted octanol–water partition coefficient (Wildman–Crippen LogP) is 4.92. The fourth-order valence-corrected chi connectivity index (χ4v) is 6.11. The van der Waals surface area contributed by atoms with Gasteiger partial charge in [-0.15, -0.1) is 0 Å². The summed E-state index contributed by atoms with van der Waals surface area (Å²) in [7, 11) is 1.52. The first-order valence-corrected chi connectivity index (χ1v) is 15.0. The Balaban J connectivity index is 1.25. The van der Waals surface area contributed by atoms with Gasteiger partial charge in [0.1, 0.15) is 28.5 Å². The van der Waals surface area contributed by atoms with Gasteiger partial charge >= 0.3 is 0 Å². The van der Waals surface area contributed by atoms with Crippen LogP contribution in [0.15, 0.2) is 42.6 Å². The molecule has 0 spiro atoms. The molecule has 1 atom stereocenters. The fourth-order valence-electron chi connectivity index (χ4n) is 5.94. The summed E-state index contributed by atoms with van der Waals surface area (Å²) in [6.07, 6.45) is 6.33. The highest BCUT2D eigenvalue weighted by atomic mass is 35.5. The van der Waals surface area contributed by atoms with Gasteiger partial charge in [0.05, 0.1) is 41.5 Å². The number of nitrogens with one attached hydrogen (secondary N) is 1. The molecule has 0 bridgehead atoms. The summed E-state index contributed by atoms with van der Waals surface area (Å²) in [5.41, 5.74) is 4.72. The molecule has 44 heavy (non-hydrogen) atoms. The van der Waals surface area contributed by atoms with Crippen molar-refractivity contribution in [3.8, 4) is 17.0 Å². The van der Waals surface area contributed by atoms with Crippen LogP contribution in [0.3, 0.4) is 0 Å². The summed E-state index contributed by atoms with van der Waals surface area (Å²) >= 11 is 5.98. The average Bonchev–Trinajstić information content (AvgIpc) is 3.86. The smallest absolute Gasteiger partial charge is 0.251 e. The molecule has 3 aliphatic rings. The highest BCUT2D eigenvalue weighted by Crippen LogP contribution is 2.51. The Morgan fingerprint density at radius 1 is 1.14 bits per heavy atom. The molecule has 2 heterocycles. The van der Waals surface area contributed by atoms with Gasteiger partial charge in [-0.2, -0.15) is 5.10 Å². The first-order valence-electron chi connectivity index (χ1n) is 14.6. The number of fused-ring (bicyclic) bond motifs is 1. The van der Waals surface area contributed by atoms with Crippen molar-refractivity contribution in [3.05, 3.63) is 76.1 Å². The quantitative estimate of drug-likeness (QED) is 0.215. The van der Waals surface area contributed by atoms with Crippen molar-refractivity contribution in [2.75, 3.05) is 13.7 Å². The van der Waals surface area contributed by atoms with Gasteiger partial charge < -0.3 is 20.9 Å². The van der Waals surface area contributed by atoms with Crippen LogP contribution in [0.5, 0.6) is 5.75 Å². The monoisotopic (exact) mass is 621 g/mol. The number of nitrogens with zero attached hydrogens (tertiary/aromatic N) is 3. The minimum atomic E-state index is -1.65. The standard InChI is InChI=1S/C32H30ClF2N5O4/c1-44-26-9-16(8-17-14-40(20-4-5-20)39-28(17)26)29(41)37-15-32(43,18-2-3-18)27-11-19(31(6-7-31)30(36)42)10-25(38-27)21-12-22(33)24(35)13-23(21)34/h8-14,18,20,43H,2-7,15H2,1H3,(H2,36,42)(H,37,41)/t32-/m1/s1. The molecule has 12 heteroatoms. The second-order valence-corrected chi connectivity index (χ2v) is 12.6. The van der Waals surface area contributed by atoms with Gasteiger partial charge in [0, 0.05) is 28.8 Å². The lowest BCUT2D eigenvalue weighted by molar-refractivity contribution is -0.120. The van der Waals surface area contributed by atoms with Crippen LogP contribution in [0.25, 0.3) is 22.2 Å². The summed E-state index contributed by atoms with van der Waals surface area (Å²) in [6.45, 7) is -0.204. The van der Waals surface area contributed by atoms with Crippen molar-refractivity contribution in [2.45, 2.75) is 55.6 Å². The van der Waals surface area contributed by atoms with E-state index in [4.69, 9.17) is 22.1 Å². The lowest BCUT2D eigenvalue weighted by Crippen LogP contribution is -2.43. The molecule has 228 valence electrons. The van der Waals surface area contributed by atoms with Crippen LogP contribution < -0.4 is 15.8 Å². The summed E-state index contributed by atoms with van der Waals surface area (Å²) in [5.74, 6) is -2.60. The average molecular weight is 622 g/mol. The predicted molar refractivity (Wildman–Crippen MR) is 158 cm³/mol. The SMILES string of the molecule is COc1cc(C(=O)NC[C@](O)(c2cc(C3(C(N)=O)CC3)cc(-c3cc(Cl)c(F)cc3F)n2)C2CC2)cc2cn(C3CC3)nc12. The first-order chi connectivity index (χ1) is 21.0. The Morgan fingerprint density at radius 2 is 1.89 bits per heavy atom. The highest BCUT2D eigenvalue weighted by Gasteiger charge is 2.52. The Hall–Kier alpha value is -4.09. The van der Waals surface area contributed by atoms with Crippen LogP contribution in [-0.2, 0) is 15.8 Å². The molecular formula is C32H30ClF2N5O4. The maximum Gasteiger partial charge on any atom is 0.251 e. The topological polar surface area (TPSA) is 132 Å². The molecule has 0 saturated heterocycles. The van der Waals surface area contributed by atoms with E-state index in [9.17, 15) is 19.1 Å². The van der Waals surface area contributed by atoms with Crippen LogP contribution in [0.4, 0.5) is 8.78 Å². The van der Waals surface area contributed by atoms with E-state index in [1.54, 1.807) is 18.2 Å². The number of amides is 2.